The van der Waals surface area contributed by atoms with Gasteiger partial charge in [-0.15, -0.1) is 0 Å². The summed E-state index contributed by atoms with van der Waals surface area (Å²) in [6, 6.07) is 9.57. The molecule has 5 nitrogen and oxygen atoms in total. The topological polar surface area (TPSA) is 58.2 Å². The number of pyridine rings is 1. The van der Waals surface area contributed by atoms with Gasteiger partial charge in [-0.05, 0) is 19.1 Å². The van der Waals surface area contributed by atoms with E-state index < -0.39 is 0 Å². The Morgan fingerprint density at radius 1 is 1.27 bits per heavy atom. The van der Waals surface area contributed by atoms with Crippen LogP contribution < -0.4 is 4.74 Å². The van der Waals surface area contributed by atoms with Gasteiger partial charge in [-0.25, -0.2) is 0 Å². The fraction of sp³-hybridized carbons (Fsp3) is 0.300. The smallest absolute Gasteiger partial charge is 0.271 e. The molecule has 0 spiro atoms. The zero-order valence-corrected chi connectivity index (χ0v) is 15.3. The highest BCUT2D eigenvalue weighted by Gasteiger charge is 2.27. The van der Waals surface area contributed by atoms with Gasteiger partial charge in [0, 0.05) is 54.8 Å². The van der Waals surface area contributed by atoms with E-state index in [9.17, 15) is 4.79 Å². The number of nitrogens with one attached hydrogen (secondary N) is 1. The quantitative estimate of drug-likeness (QED) is 0.752. The molecule has 1 saturated heterocycles. The predicted molar refractivity (Wildman–Crippen MR) is 102 cm³/mol. The number of piperidine rings is 1. The van der Waals surface area contributed by atoms with Gasteiger partial charge in [0.25, 0.3) is 5.91 Å². The van der Waals surface area contributed by atoms with Gasteiger partial charge in [-0.3, -0.25) is 9.78 Å². The highest BCUT2D eigenvalue weighted by Crippen LogP contribution is 2.29. The number of amides is 1. The molecule has 1 N–H and O–H groups in total. The van der Waals surface area contributed by atoms with E-state index in [1.54, 1.807) is 12.4 Å². The van der Waals surface area contributed by atoms with Crippen molar-refractivity contribution >= 4 is 28.4 Å². The second-order valence-corrected chi connectivity index (χ2v) is 6.99. The number of aromatic nitrogens is 2. The Balaban J connectivity index is 1.43. The minimum absolute atomic E-state index is 0.0512. The fourth-order valence-electron chi connectivity index (χ4n) is 3.36. The van der Waals surface area contributed by atoms with Crippen molar-refractivity contribution in [1.82, 2.24) is 14.9 Å². The lowest BCUT2D eigenvalue weighted by Crippen LogP contribution is -2.42. The molecule has 4 rings (SSSR count). The first-order valence-electron chi connectivity index (χ1n) is 8.76. The molecule has 0 unspecified atom stereocenters. The molecule has 3 aromatic rings. The van der Waals surface area contributed by atoms with Crippen LogP contribution >= 0.6 is 11.6 Å². The van der Waals surface area contributed by atoms with Crippen LogP contribution in [0.2, 0.25) is 5.02 Å². The first-order valence-corrected chi connectivity index (χ1v) is 9.14. The van der Waals surface area contributed by atoms with Crippen LogP contribution in [0, 0.1) is 6.92 Å². The number of hydrogen-bond donors (Lipinski definition) is 1. The molecule has 2 aromatic heterocycles. The van der Waals surface area contributed by atoms with E-state index in [2.05, 4.69) is 9.97 Å². The van der Waals surface area contributed by atoms with Crippen molar-refractivity contribution < 1.29 is 9.53 Å². The maximum absolute atomic E-state index is 12.9. The molecule has 1 amide bonds. The Hall–Kier alpha value is -2.53. The molecule has 0 bridgehead atoms. The van der Waals surface area contributed by atoms with Gasteiger partial charge in [0.05, 0.1) is 5.02 Å². The summed E-state index contributed by atoms with van der Waals surface area (Å²) in [6.07, 6.45) is 5.24. The van der Waals surface area contributed by atoms with E-state index >= 15 is 0 Å². The van der Waals surface area contributed by atoms with E-state index in [-0.39, 0.29) is 12.0 Å². The van der Waals surface area contributed by atoms with Crippen LogP contribution in [0.3, 0.4) is 0 Å². The van der Waals surface area contributed by atoms with E-state index in [4.69, 9.17) is 16.3 Å². The third-order valence-electron chi connectivity index (χ3n) is 4.85. The van der Waals surface area contributed by atoms with Crippen LogP contribution in [0.15, 0.2) is 42.7 Å². The second kappa shape index (κ2) is 7.00. The van der Waals surface area contributed by atoms with Gasteiger partial charge in [0.15, 0.2) is 0 Å². The minimum atomic E-state index is -0.0512. The number of ether oxygens (including phenoxy) is 1. The monoisotopic (exact) mass is 369 g/mol. The summed E-state index contributed by atoms with van der Waals surface area (Å²) >= 11 is 6.42. The minimum Gasteiger partial charge on any atom is -0.490 e. The molecule has 1 aromatic carbocycles. The van der Waals surface area contributed by atoms with Crippen molar-refractivity contribution in [3.05, 3.63) is 59.0 Å². The average Bonchev–Trinajstić information content (AvgIpc) is 3.01. The molecule has 134 valence electrons. The maximum Gasteiger partial charge on any atom is 0.271 e. The van der Waals surface area contributed by atoms with Crippen molar-refractivity contribution in [3.8, 4) is 5.75 Å². The summed E-state index contributed by atoms with van der Waals surface area (Å²) < 4.78 is 6.08. The molecule has 3 heterocycles. The molecule has 0 saturated carbocycles. The molecule has 0 aliphatic carbocycles. The first-order chi connectivity index (χ1) is 12.6. The van der Waals surface area contributed by atoms with Gasteiger partial charge in [0.2, 0.25) is 0 Å². The number of rotatable bonds is 3. The summed E-state index contributed by atoms with van der Waals surface area (Å²) in [4.78, 5) is 22.0. The number of benzene rings is 1. The fourth-order valence-corrected chi connectivity index (χ4v) is 3.66. The van der Waals surface area contributed by atoms with Crippen molar-refractivity contribution in [2.45, 2.75) is 25.9 Å². The third-order valence-corrected chi connectivity index (χ3v) is 5.24. The van der Waals surface area contributed by atoms with Crippen LogP contribution in [0.4, 0.5) is 0 Å². The molecular formula is C20H20ClN3O2. The van der Waals surface area contributed by atoms with E-state index in [1.165, 1.54) is 0 Å². The average molecular weight is 370 g/mol. The molecule has 26 heavy (non-hydrogen) atoms. The molecule has 0 radical (unpaired) electrons. The number of aromatic amines is 1. The van der Waals surface area contributed by atoms with Gasteiger partial charge in [0.1, 0.15) is 17.5 Å². The maximum atomic E-state index is 12.9. The molecule has 1 aliphatic rings. The third kappa shape index (κ3) is 3.15. The van der Waals surface area contributed by atoms with Crippen LogP contribution in [0.1, 0.15) is 28.9 Å². The summed E-state index contributed by atoms with van der Waals surface area (Å²) in [5, 5.41) is 1.38. The Bertz CT molecular complexity index is 945. The number of carbonyl (C=O) groups is 1. The largest absolute Gasteiger partial charge is 0.490 e. The first kappa shape index (κ1) is 16.9. The zero-order valence-electron chi connectivity index (χ0n) is 14.5. The highest BCUT2D eigenvalue weighted by atomic mass is 35.5. The van der Waals surface area contributed by atoms with Gasteiger partial charge < -0.3 is 14.6 Å². The van der Waals surface area contributed by atoms with Crippen molar-refractivity contribution in [2.24, 2.45) is 0 Å². The highest BCUT2D eigenvalue weighted by molar-refractivity contribution is 6.38. The number of likely N-dealkylation sites (tertiary alicyclic amines) is 1. The van der Waals surface area contributed by atoms with Crippen molar-refractivity contribution in [3.63, 3.8) is 0 Å². The summed E-state index contributed by atoms with van der Waals surface area (Å²) in [5.74, 6) is 0.813. The lowest BCUT2D eigenvalue weighted by atomic mass is 10.1. The summed E-state index contributed by atoms with van der Waals surface area (Å²) in [6.45, 7) is 3.29. The van der Waals surface area contributed by atoms with Gasteiger partial charge in [-0.2, -0.15) is 0 Å². The molecule has 1 aliphatic heterocycles. The normalized spacial score (nSPS) is 15.4. The predicted octanol–water partition coefficient (Wildman–Crippen LogP) is 4.21. The summed E-state index contributed by atoms with van der Waals surface area (Å²) in [7, 11) is 0. The van der Waals surface area contributed by atoms with Crippen LogP contribution in [0.5, 0.6) is 5.75 Å². The lowest BCUT2D eigenvalue weighted by Gasteiger charge is -2.32. The number of para-hydroxylation sites is 1. The molecular weight excluding hydrogens is 350 g/mol. The SMILES string of the molecule is Cc1cnccc1OC1CCN(C(=O)c2[nH]c3ccccc3c2Cl)CC1. The van der Waals surface area contributed by atoms with E-state index in [1.807, 2.05) is 42.2 Å². The molecule has 0 atom stereocenters. The molecule has 6 heteroatoms. The number of aryl methyl sites for hydroxylation is 1. The van der Waals surface area contributed by atoms with Gasteiger partial charge >= 0.3 is 0 Å². The second-order valence-electron chi connectivity index (χ2n) is 6.61. The Morgan fingerprint density at radius 3 is 2.77 bits per heavy atom. The lowest BCUT2D eigenvalue weighted by molar-refractivity contribution is 0.0590. The number of carbonyl (C=O) groups excluding carboxylic acids is 1. The zero-order chi connectivity index (χ0) is 18.1. The van der Waals surface area contributed by atoms with Crippen LogP contribution in [-0.4, -0.2) is 40.0 Å². The number of H-pyrrole nitrogens is 1. The van der Waals surface area contributed by atoms with E-state index in [0.29, 0.717) is 23.8 Å². The van der Waals surface area contributed by atoms with Crippen molar-refractivity contribution in [2.75, 3.05) is 13.1 Å². The summed E-state index contributed by atoms with van der Waals surface area (Å²) in [5.41, 5.74) is 2.38. The molecule has 1 fully saturated rings. The number of fused-ring (bicyclic) bond motifs is 1. The van der Waals surface area contributed by atoms with Crippen molar-refractivity contribution in [1.29, 1.82) is 0 Å². The number of nitrogens with zero attached hydrogens (tertiary/aromatic N) is 2. The van der Waals surface area contributed by atoms with Crippen LogP contribution in [0.25, 0.3) is 10.9 Å². The van der Waals surface area contributed by atoms with Gasteiger partial charge in [-0.1, -0.05) is 29.8 Å². The Labute approximate surface area is 156 Å². The number of hydrogen-bond acceptors (Lipinski definition) is 3. The van der Waals surface area contributed by atoms with Crippen LogP contribution in [-0.2, 0) is 0 Å². The Morgan fingerprint density at radius 2 is 2.04 bits per heavy atom. The standard InChI is InChI=1S/C20H20ClN3O2/c1-13-12-22-9-6-17(13)26-14-7-10-24(11-8-14)20(25)19-18(21)15-4-2-3-5-16(15)23-19/h2-6,9,12,14,23H,7-8,10-11H2,1H3. The Kier molecular flexibility index (Phi) is 4.55. The van der Waals surface area contributed by atoms with E-state index in [0.717, 1.165) is 35.1 Å². The number of halogens is 1.